The summed E-state index contributed by atoms with van der Waals surface area (Å²) in [5.74, 6) is 0.577. The Hall–Kier alpha value is -2.80. The molecule has 2 atom stereocenters. The maximum absolute atomic E-state index is 12.5. The molecule has 0 bridgehead atoms. The highest BCUT2D eigenvalue weighted by atomic mass is 16.6. The molecule has 1 aliphatic heterocycles. The van der Waals surface area contributed by atoms with E-state index in [0.717, 1.165) is 11.3 Å². The zero-order valence-electron chi connectivity index (χ0n) is 17.8. The number of β-amino-alcohol motifs (C(OH)–C–C–N with tert-alkyl or cyclic N) is 1. The van der Waals surface area contributed by atoms with Crippen LogP contribution in [0, 0.1) is 0 Å². The molecule has 2 heterocycles. The van der Waals surface area contributed by atoms with E-state index in [4.69, 9.17) is 9.47 Å². The fraction of sp³-hybridized carbons (Fsp3) is 0.478. The van der Waals surface area contributed by atoms with Crippen molar-refractivity contribution in [3.8, 4) is 5.75 Å². The first kappa shape index (κ1) is 21.9. The zero-order valence-corrected chi connectivity index (χ0v) is 17.8. The monoisotopic (exact) mass is 414 g/mol. The van der Waals surface area contributed by atoms with Gasteiger partial charge in [0.1, 0.15) is 18.0 Å². The third-order valence-corrected chi connectivity index (χ3v) is 5.03. The van der Waals surface area contributed by atoms with Crippen LogP contribution in [0.15, 0.2) is 53.5 Å². The second kappa shape index (κ2) is 9.34. The van der Waals surface area contributed by atoms with Crippen molar-refractivity contribution in [3.63, 3.8) is 0 Å². The number of carbonyl (C=O) groups excluding carboxylic acids is 1. The quantitative estimate of drug-likeness (QED) is 0.813. The van der Waals surface area contributed by atoms with Crippen molar-refractivity contribution >= 4 is 6.09 Å². The fourth-order valence-electron chi connectivity index (χ4n) is 3.53. The van der Waals surface area contributed by atoms with Gasteiger partial charge < -0.3 is 24.0 Å². The van der Waals surface area contributed by atoms with Crippen molar-refractivity contribution in [2.75, 3.05) is 19.7 Å². The highest BCUT2D eigenvalue weighted by molar-refractivity contribution is 5.68. The van der Waals surface area contributed by atoms with Crippen molar-refractivity contribution in [2.24, 2.45) is 0 Å². The molecule has 0 spiro atoms. The van der Waals surface area contributed by atoms with E-state index in [1.807, 2.05) is 57.2 Å². The van der Waals surface area contributed by atoms with Gasteiger partial charge in [-0.15, -0.1) is 0 Å². The Morgan fingerprint density at radius 1 is 1.20 bits per heavy atom. The Kier molecular flexibility index (Phi) is 6.82. The lowest BCUT2D eigenvalue weighted by Crippen LogP contribution is -2.47. The third-order valence-electron chi connectivity index (χ3n) is 5.03. The number of amides is 1. The number of aliphatic hydroxyl groups is 1. The van der Waals surface area contributed by atoms with Crippen LogP contribution in [0.3, 0.4) is 0 Å². The van der Waals surface area contributed by atoms with Gasteiger partial charge in [0.2, 0.25) is 0 Å². The number of nitrogens with zero attached hydrogens (tertiary/aromatic N) is 2. The summed E-state index contributed by atoms with van der Waals surface area (Å²) < 4.78 is 12.6. The van der Waals surface area contributed by atoms with Crippen LogP contribution in [0.2, 0.25) is 0 Å². The molecular weight excluding hydrogens is 384 g/mol. The van der Waals surface area contributed by atoms with Crippen LogP contribution in [0.25, 0.3) is 0 Å². The summed E-state index contributed by atoms with van der Waals surface area (Å²) >= 11 is 0. The molecular formula is C23H30N2O5. The summed E-state index contributed by atoms with van der Waals surface area (Å²) in [5.41, 5.74) is 0.0793. The number of carbonyl (C=O) groups is 1. The number of benzene rings is 1. The first-order valence-electron chi connectivity index (χ1n) is 10.3. The van der Waals surface area contributed by atoms with Gasteiger partial charge >= 0.3 is 6.09 Å². The lowest BCUT2D eigenvalue weighted by molar-refractivity contribution is -0.00154. The molecule has 1 aliphatic rings. The lowest BCUT2D eigenvalue weighted by atomic mass is 9.88. The minimum Gasteiger partial charge on any atom is -0.492 e. The van der Waals surface area contributed by atoms with Crippen molar-refractivity contribution < 1.29 is 19.4 Å². The number of hydrogen-bond acceptors (Lipinski definition) is 5. The molecule has 3 rings (SSSR count). The first-order chi connectivity index (χ1) is 14.2. The van der Waals surface area contributed by atoms with Gasteiger partial charge in [-0.1, -0.05) is 18.2 Å². The van der Waals surface area contributed by atoms with E-state index in [-0.39, 0.29) is 18.0 Å². The average Bonchev–Trinajstić information content (AvgIpc) is 2.68. The van der Waals surface area contributed by atoms with Crippen molar-refractivity contribution in [3.05, 3.63) is 64.6 Å². The predicted octanol–water partition coefficient (Wildman–Crippen LogP) is 3.01. The number of pyridine rings is 1. The van der Waals surface area contributed by atoms with Gasteiger partial charge in [-0.3, -0.25) is 4.79 Å². The van der Waals surface area contributed by atoms with Gasteiger partial charge in [-0.25, -0.2) is 4.79 Å². The molecule has 30 heavy (non-hydrogen) atoms. The molecule has 0 radical (unpaired) electrons. The summed E-state index contributed by atoms with van der Waals surface area (Å²) in [6, 6.07) is 12.9. The number of piperidine rings is 1. The smallest absolute Gasteiger partial charge is 0.410 e. The van der Waals surface area contributed by atoms with Crippen LogP contribution in [0.4, 0.5) is 4.79 Å². The van der Waals surface area contributed by atoms with Gasteiger partial charge in [0.25, 0.3) is 5.56 Å². The number of aliphatic hydroxyl groups excluding tert-OH is 1. The Bertz CT molecular complexity index is 904. The minimum absolute atomic E-state index is 0.133. The standard InChI is InChI=1S/C23H30N2O5/c1-23(2,3)30-22(28)25-12-10-19(20(26)16-25)17-9-11-24(21(27)15-17)13-14-29-18-7-5-4-6-8-18/h4-9,11,15,19-20,26H,10,12-14,16H2,1-3H3. The molecule has 2 aromatic rings. The molecule has 162 valence electrons. The first-order valence-corrected chi connectivity index (χ1v) is 10.3. The normalized spacial score (nSPS) is 19.4. The summed E-state index contributed by atoms with van der Waals surface area (Å²) in [6.07, 6.45) is 1.14. The van der Waals surface area contributed by atoms with Crippen LogP contribution in [0.1, 0.15) is 38.7 Å². The highest BCUT2D eigenvalue weighted by Gasteiger charge is 2.33. The van der Waals surface area contributed by atoms with Gasteiger partial charge in [-0.2, -0.15) is 0 Å². The van der Waals surface area contributed by atoms with Crippen LogP contribution < -0.4 is 10.3 Å². The van der Waals surface area contributed by atoms with Gasteiger partial charge in [0.05, 0.1) is 19.2 Å². The zero-order chi connectivity index (χ0) is 21.7. The molecule has 7 nitrogen and oxygen atoms in total. The van der Waals surface area contributed by atoms with Gasteiger partial charge in [0.15, 0.2) is 0 Å². The van der Waals surface area contributed by atoms with Gasteiger partial charge in [0, 0.05) is 24.7 Å². The highest BCUT2D eigenvalue weighted by Crippen LogP contribution is 2.28. The molecule has 1 amide bonds. The third kappa shape index (κ3) is 5.86. The summed E-state index contributed by atoms with van der Waals surface area (Å²) in [7, 11) is 0. The average molecular weight is 415 g/mol. The summed E-state index contributed by atoms with van der Waals surface area (Å²) in [6.45, 7) is 6.93. The molecule has 7 heteroatoms. The maximum Gasteiger partial charge on any atom is 0.410 e. The topological polar surface area (TPSA) is 81.0 Å². The minimum atomic E-state index is -0.747. The summed E-state index contributed by atoms with van der Waals surface area (Å²) in [4.78, 5) is 26.3. The second-order valence-electron chi connectivity index (χ2n) is 8.54. The van der Waals surface area contributed by atoms with Crippen LogP contribution in [-0.2, 0) is 11.3 Å². The fourth-order valence-corrected chi connectivity index (χ4v) is 3.53. The van der Waals surface area contributed by atoms with E-state index in [9.17, 15) is 14.7 Å². The molecule has 1 aromatic carbocycles. The Morgan fingerprint density at radius 3 is 2.57 bits per heavy atom. The number of aromatic nitrogens is 1. The largest absolute Gasteiger partial charge is 0.492 e. The Balaban J connectivity index is 1.57. The Labute approximate surface area is 176 Å². The van der Waals surface area contributed by atoms with Gasteiger partial charge in [-0.05, 0) is 51.0 Å². The van der Waals surface area contributed by atoms with E-state index in [1.54, 1.807) is 16.8 Å². The number of hydrogen-bond donors (Lipinski definition) is 1. The van der Waals surface area contributed by atoms with E-state index in [0.29, 0.717) is 26.1 Å². The lowest BCUT2D eigenvalue weighted by Gasteiger charge is -2.36. The molecule has 0 saturated carbocycles. The van der Waals surface area contributed by atoms with E-state index in [1.165, 1.54) is 4.90 Å². The number of para-hydroxylation sites is 1. The number of rotatable bonds is 5. The summed E-state index contributed by atoms with van der Waals surface area (Å²) in [5, 5.41) is 10.6. The van der Waals surface area contributed by atoms with Crippen molar-refractivity contribution in [2.45, 2.75) is 51.4 Å². The second-order valence-corrected chi connectivity index (χ2v) is 8.54. The predicted molar refractivity (Wildman–Crippen MR) is 114 cm³/mol. The SMILES string of the molecule is CC(C)(C)OC(=O)N1CCC(c2ccn(CCOc3ccccc3)c(=O)c2)C(O)C1. The molecule has 1 N–H and O–H groups in total. The van der Waals surface area contributed by atoms with Crippen LogP contribution in [0.5, 0.6) is 5.75 Å². The van der Waals surface area contributed by atoms with Crippen LogP contribution >= 0.6 is 0 Å². The van der Waals surface area contributed by atoms with E-state index < -0.39 is 17.8 Å². The maximum atomic E-state index is 12.5. The Morgan fingerprint density at radius 2 is 1.93 bits per heavy atom. The number of ether oxygens (including phenoxy) is 2. The molecule has 1 saturated heterocycles. The molecule has 1 fully saturated rings. The number of likely N-dealkylation sites (tertiary alicyclic amines) is 1. The van der Waals surface area contributed by atoms with E-state index >= 15 is 0 Å². The molecule has 1 aromatic heterocycles. The molecule has 0 aliphatic carbocycles. The van der Waals surface area contributed by atoms with E-state index in [2.05, 4.69) is 0 Å². The van der Waals surface area contributed by atoms with Crippen molar-refractivity contribution in [1.29, 1.82) is 0 Å². The molecule has 2 unspecified atom stereocenters. The van der Waals surface area contributed by atoms with Crippen molar-refractivity contribution in [1.82, 2.24) is 9.47 Å². The van der Waals surface area contributed by atoms with Crippen LogP contribution in [-0.4, -0.2) is 52.1 Å².